The lowest BCUT2D eigenvalue weighted by atomic mass is 9.94. The molecule has 1 unspecified atom stereocenters. The summed E-state index contributed by atoms with van der Waals surface area (Å²) in [6, 6.07) is 40.5. The monoisotopic (exact) mass is 574 g/mol. The number of rotatable bonds is 7. The highest BCUT2D eigenvalue weighted by Crippen LogP contribution is 2.40. The zero-order valence-electron chi connectivity index (χ0n) is 26.8. The van der Waals surface area contributed by atoms with Crippen molar-refractivity contribution in [2.45, 2.75) is 54.0 Å². The van der Waals surface area contributed by atoms with E-state index in [1.165, 1.54) is 67.3 Å². The number of benzene rings is 5. The molecule has 220 valence electrons. The second kappa shape index (κ2) is 12.4. The van der Waals surface area contributed by atoms with Gasteiger partial charge >= 0.3 is 0 Å². The standard InChI is InChI=1S/C42H42N2/c1-29-11-7-15-35(23-29)43(36-16-8-12-30(2)24-36)39-19-21-41(33(5)27-39)42-22-20-40(28-34(42)6)44(37-17-9-13-31(3)25-37)38-18-10-14-32(4)26-38/h7-25,27-28,38H,26H2,1-6H3. The molecule has 1 aliphatic rings. The van der Waals surface area contributed by atoms with Gasteiger partial charge in [0.15, 0.2) is 0 Å². The summed E-state index contributed by atoms with van der Waals surface area (Å²) in [6.45, 7) is 13.2. The Bertz CT molecular complexity index is 1830. The first-order chi connectivity index (χ1) is 21.3. The van der Waals surface area contributed by atoms with Crippen LogP contribution in [0.15, 0.2) is 133 Å². The fraction of sp³-hybridized carbons (Fsp3) is 0.190. The molecule has 0 radical (unpaired) electrons. The summed E-state index contributed by atoms with van der Waals surface area (Å²) in [5, 5.41) is 0. The second-order valence-electron chi connectivity index (χ2n) is 12.4. The Labute approximate surface area is 263 Å². The molecule has 5 aromatic carbocycles. The molecule has 0 aromatic heterocycles. The van der Waals surface area contributed by atoms with Gasteiger partial charge in [0.25, 0.3) is 0 Å². The molecule has 0 N–H and O–H groups in total. The van der Waals surface area contributed by atoms with Crippen molar-refractivity contribution in [1.29, 1.82) is 0 Å². The zero-order chi connectivity index (χ0) is 30.8. The predicted octanol–water partition coefficient (Wildman–Crippen LogP) is 11.8. The van der Waals surface area contributed by atoms with E-state index in [1.807, 2.05) is 0 Å². The fourth-order valence-corrected chi connectivity index (χ4v) is 6.47. The van der Waals surface area contributed by atoms with E-state index in [4.69, 9.17) is 0 Å². The first-order valence-corrected chi connectivity index (χ1v) is 15.6. The Morgan fingerprint density at radius 1 is 0.500 bits per heavy atom. The van der Waals surface area contributed by atoms with Crippen LogP contribution in [0, 0.1) is 34.6 Å². The molecule has 0 saturated carbocycles. The third-order valence-corrected chi connectivity index (χ3v) is 8.62. The Kier molecular flexibility index (Phi) is 8.26. The lowest BCUT2D eigenvalue weighted by molar-refractivity contribution is 0.756. The highest BCUT2D eigenvalue weighted by Gasteiger charge is 2.22. The summed E-state index contributed by atoms with van der Waals surface area (Å²) < 4.78 is 0. The average molecular weight is 575 g/mol. The average Bonchev–Trinajstić information content (AvgIpc) is 2.98. The molecule has 5 aromatic rings. The molecule has 2 heteroatoms. The van der Waals surface area contributed by atoms with Crippen molar-refractivity contribution in [2.75, 3.05) is 9.80 Å². The number of hydrogen-bond acceptors (Lipinski definition) is 2. The minimum atomic E-state index is 0.280. The molecule has 0 bridgehead atoms. The van der Waals surface area contributed by atoms with Gasteiger partial charge in [-0.3, -0.25) is 0 Å². The maximum absolute atomic E-state index is 2.49. The topological polar surface area (TPSA) is 6.48 Å². The minimum absolute atomic E-state index is 0.280. The molecule has 2 nitrogen and oxygen atoms in total. The van der Waals surface area contributed by atoms with Crippen molar-refractivity contribution in [3.05, 3.63) is 161 Å². The van der Waals surface area contributed by atoms with Crippen molar-refractivity contribution in [1.82, 2.24) is 0 Å². The molecule has 0 amide bonds. The number of hydrogen-bond donors (Lipinski definition) is 0. The van der Waals surface area contributed by atoms with Gasteiger partial charge in [-0.2, -0.15) is 0 Å². The van der Waals surface area contributed by atoms with Crippen LogP contribution in [0.25, 0.3) is 11.1 Å². The van der Waals surface area contributed by atoms with E-state index in [9.17, 15) is 0 Å². The SMILES string of the molecule is CC1=CC=CC(N(c2cccc(C)c2)c2ccc(-c3ccc(N(c4cccc(C)c4)c4cccc(C)c4)cc3C)c(C)c2)C1. The molecule has 6 rings (SSSR count). The number of aryl methyl sites for hydroxylation is 5. The molecule has 44 heavy (non-hydrogen) atoms. The third kappa shape index (κ3) is 6.12. The van der Waals surface area contributed by atoms with E-state index < -0.39 is 0 Å². The summed E-state index contributed by atoms with van der Waals surface area (Å²) in [4.78, 5) is 4.86. The predicted molar refractivity (Wildman–Crippen MR) is 190 cm³/mol. The van der Waals surface area contributed by atoms with Crippen molar-refractivity contribution in [2.24, 2.45) is 0 Å². The lowest BCUT2D eigenvalue weighted by Crippen LogP contribution is -2.30. The Balaban J connectivity index is 1.38. The van der Waals surface area contributed by atoms with Crippen molar-refractivity contribution < 1.29 is 0 Å². The van der Waals surface area contributed by atoms with Crippen LogP contribution in [-0.4, -0.2) is 6.04 Å². The summed E-state index contributed by atoms with van der Waals surface area (Å²) in [6.07, 6.45) is 7.78. The Hall–Kier alpha value is -4.82. The number of allylic oxidation sites excluding steroid dienone is 2. The molecule has 0 spiro atoms. The van der Waals surface area contributed by atoms with Crippen LogP contribution in [0.4, 0.5) is 28.4 Å². The smallest absolute Gasteiger partial charge is 0.0562 e. The summed E-state index contributed by atoms with van der Waals surface area (Å²) in [5.74, 6) is 0. The third-order valence-electron chi connectivity index (χ3n) is 8.62. The molecule has 0 fully saturated rings. The highest BCUT2D eigenvalue weighted by molar-refractivity contribution is 5.81. The van der Waals surface area contributed by atoms with Gasteiger partial charge in [-0.05, 0) is 148 Å². The van der Waals surface area contributed by atoms with Gasteiger partial charge in [-0.25, -0.2) is 0 Å². The zero-order valence-corrected chi connectivity index (χ0v) is 26.8. The van der Waals surface area contributed by atoms with E-state index in [-0.39, 0.29) is 6.04 Å². The second-order valence-corrected chi connectivity index (χ2v) is 12.4. The van der Waals surface area contributed by atoms with E-state index in [1.54, 1.807) is 0 Å². The van der Waals surface area contributed by atoms with Crippen LogP contribution in [-0.2, 0) is 0 Å². The van der Waals surface area contributed by atoms with Gasteiger partial charge in [0, 0.05) is 28.4 Å². The van der Waals surface area contributed by atoms with Gasteiger partial charge in [0.1, 0.15) is 0 Å². The van der Waals surface area contributed by atoms with Crippen molar-refractivity contribution >= 4 is 28.4 Å². The van der Waals surface area contributed by atoms with E-state index in [0.717, 1.165) is 12.1 Å². The molecule has 1 atom stereocenters. The van der Waals surface area contributed by atoms with Crippen LogP contribution in [0.2, 0.25) is 0 Å². The highest BCUT2D eigenvalue weighted by atomic mass is 15.2. The van der Waals surface area contributed by atoms with Gasteiger partial charge in [0.2, 0.25) is 0 Å². The van der Waals surface area contributed by atoms with Crippen LogP contribution in [0.3, 0.4) is 0 Å². The molecular weight excluding hydrogens is 532 g/mol. The van der Waals surface area contributed by atoms with Crippen molar-refractivity contribution in [3.8, 4) is 11.1 Å². The van der Waals surface area contributed by atoms with Gasteiger partial charge in [-0.1, -0.05) is 72.3 Å². The van der Waals surface area contributed by atoms with E-state index in [0.29, 0.717) is 0 Å². The largest absolute Gasteiger partial charge is 0.334 e. The maximum atomic E-state index is 2.49. The molecule has 0 aliphatic heterocycles. The maximum Gasteiger partial charge on any atom is 0.0562 e. The lowest BCUT2D eigenvalue weighted by Gasteiger charge is -2.34. The normalized spacial score (nSPS) is 14.3. The van der Waals surface area contributed by atoms with Gasteiger partial charge in [0.05, 0.1) is 6.04 Å². The van der Waals surface area contributed by atoms with Crippen LogP contribution in [0.5, 0.6) is 0 Å². The molecular formula is C42H42N2. The van der Waals surface area contributed by atoms with Gasteiger partial charge in [-0.15, -0.1) is 0 Å². The fourth-order valence-electron chi connectivity index (χ4n) is 6.47. The minimum Gasteiger partial charge on any atom is -0.334 e. The quantitative estimate of drug-likeness (QED) is 0.191. The van der Waals surface area contributed by atoms with E-state index in [2.05, 4.69) is 179 Å². The first-order valence-electron chi connectivity index (χ1n) is 15.6. The Morgan fingerprint density at radius 2 is 0.955 bits per heavy atom. The number of anilines is 5. The van der Waals surface area contributed by atoms with Crippen molar-refractivity contribution in [3.63, 3.8) is 0 Å². The summed E-state index contributed by atoms with van der Waals surface area (Å²) in [7, 11) is 0. The molecule has 0 heterocycles. The van der Waals surface area contributed by atoms with Crippen LogP contribution >= 0.6 is 0 Å². The number of nitrogens with zero attached hydrogens (tertiary/aromatic N) is 2. The van der Waals surface area contributed by atoms with Crippen LogP contribution in [0.1, 0.15) is 41.2 Å². The van der Waals surface area contributed by atoms with E-state index >= 15 is 0 Å². The first kappa shape index (κ1) is 29.3. The van der Waals surface area contributed by atoms with Crippen LogP contribution < -0.4 is 9.80 Å². The molecule has 1 aliphatic carbocycles. The summed E-state index contributed by atoms with van der Waals surface area (Å²) in [5.41, 5.74) is 16.2. The van der Waals surface area contributed by atoms with Gasteiger partial charge < -0.3 is 9.80 Å². The molecule has 0 saturated heterocycles. The summed E-state index contributed by atoms with van der Waals surface area (Å²) >= 11 is 0. The Morgan fingerprint density at radius 3 is 1.48 bits per heavy atom.